The summed E-state index contributed by atoms with van der Waals surface area (Å²) >= 11 is 0. The maximum Gasteiger partial charge on any atom is 0.278 e. The SMILES string of the molecule is CCOc1ccccc1NC(=O)c1ncoc1-c1ccccc1C. The van der Waals surface area contributed by atoms with Gasteiger partial charge in [-0.05, 0) is 31.5 Å². The number of nitrogens with zero attached hydrogens (tertiary/aromatic N) is 1. The summed E-state index contributed by atoms with van der Waals surface area (Å²) in [7, 11) is 0. The van der Waals surface area contributed by atoms with Gasteiger partial charge in [-0.15, -0.1) is 0 Å². The van der Waals surface area contributed by atoms with Crippen LogP contribution in [-0.4, -0.2) is 17.5 Å². The summed E-state index contributed by atoms with van der Waals surface area (Å²) in [5.41, 5.74) is 2.70. The summed E-state index contributed by atoms with van der Waals surface area (Å²) in [5.74, 6) is 0.739. The van der Waals surface area contributed by atoms with Gasteiger partial charge in [-0.25, -0.2) is 4.98 Å². The highest BCUT2D eigenvalue weighted by molar-refractivity contribution is 6.07. The molecule has 0 aliphatic carbocycles. The molecule has 5 heteroatoms. The van der Waals surface area contributed by atoms with E-state index in [1.54, 1.807) is 6.07 Å². The second kappa shape index (κ2) is 7.00. The molecule has 0 bridgehead atoms. The van der Waals surface area contributed by atoms with E-state index in [0.29, 0.717) is 23.8 Å². The minimum absolute atomic E-state index is 0.246. The van der Waals surface area contributed by atoms with Crippen LogP contribution in [0.15, 0.2) is 59.3 Å². The van der Waals surface area contributed by atoms with Crippen molar-refractivity contribution < 1.29 is 13.9 Å². The highest BCUT2D eigenvalue weighted by atomic mass is 16.5. The van der Waals surface area contributed by atoms with Crippen LogP contribution in [0.1, 0.15) is 23.0 Å². The number of nitrogens with one attached hydrogen (secondary N) is 1. The summed E-state index contributed by atoms with van der Waals surface area (Å²) in [5, 5.41) is 2.84. The minimum atomic E-state index is -0.339. The third-order valence-electron chi connectivity index (χ3n) is 3.61. The van der Waals surface area contributed by atoms with Crippen molar-refractivity contribution in [3.05, 3.63) is 66.2 Å². The first-order valence-corrected chi connectivity index (χ1v) is 7.73. The van der Waals surface area contributed by atoms with Crippen LogP contribution in [-0.2, 0) is 0 Å². The molecule has 24 heavy (non-hydrogen) atoms. The Bertz CT molecular complexity index is 855. The molecule has 1 N–H and O–H groups in total. The maximum atomic E-state index is 12.6. The van der Waals surface area contributed by atoms with Crippen LogP contribution in [0.3, 0.4) is 0 Å². The number of carbonyl (C=O) groups is 1. The van der Waals surface area contributed by atoms with E-state index in [9.17, 15) is 4.79 Å². The maximum absolute atomic E-state index is 12.6. The fourth-order valence-electron chi connectivity index (χ4n) is 2.46. The van der Waals surface area contributed by atoms with Gasteiger partial charge in [0, 0.05) is 5.56 Å². The Balaban J connectivity index is 1.90. The van der Waals surface area contributed by atoms with E-state index in [0.717, 1.165) is 11.1 Å². The normalized spacial score (nSPS) is 10.4. The molecule has 1 amide bonds. The monoisotopic (exact) mass is 322 g/mol. The number of anilines is 1. The Morgan fingerprint density at radius 1 is 1.17 bits per heavy atom. The van der Waals surface area contributed by atoms with E-state index in [2.05, 4.69) is 10.3 Å². The lowest BCUT2D eigenvalue weighted by atomic mass is 10.1. The predicted molar refractivity (Wildman–Crippen MR) is 92.2 cm³/mol. The van der Waals surface area contributed by atoms with Gasteiger partial charge in [0.25, 0.3) is 5.91 Å². The number of oxazole rings is 1. The molecule has 122 valence electrons. The second-order valence-corrected chi connectivity index (χ2v) is 5.23. The summed E-state index contributed by atoms with van der Waals surface area (Å²) in [6, 6.07) is 15.0. The average Bonchev–Trinajstić information content (AvgIpc) is 3.07. The molecule has 0 saturated heterocycles. The largest absolute Gasteiger partial charge is 0.492 e. The highest BCUT2D eigenvalue weighted by Crippen LogP contribution is 2.28. The van der Waals surface area contributed by atoms with Crippen molar-refractivity contribution in [2.75, 3.05) is 11.9 Å². The molecule has 0 radical (unpaired) electrons. The first kappa shape index (κ1) is 15.8. The molecule has 0 spiro atoms. The van der Waals surface area contributed by atoms with Gasteiger partial charge in [0.15, 0.2) is 17.8 Å². The number of hydrogen-bond acceptors (Lipinski definition) is 4. The number of amides is 1. The predicted octanol–water partition coefficient (Wildman–Crippen LogP) is 4.30. The first-order valence-electron chi connectivity index (χ1n) is 7.73. The van der Waals surface area contributed by atoms with Crippen molar-refractivity contribution in [2.45, 2.75) is 13.8 Å². The molecule has 1 heterocycles. The Morgan fingerprint density at radius 3 is 2.71 bits per heavy atom. The molecular formula is C19H18N2O3. The van der Waals surface area contributed by atoms with Crippen LogP contribution >= 0.6 is 0 Å². The summed E-state index contributed by atoms with van der Waals surface area (Å²) in [6.45, 7) is 4.38. The molecular weight excluding hydrogens is 304 g/mol. The molecule has 3 aromatic rings. The zero-order valence-corrected chi connectivity index (χ0v) is 13.6. The van der Waals surface area contributed by atoms with Crippen molar-refractivity contribution in [2.24, 2.45) is 0 Å². The zero-order valence-electron chi connectivity index (χ0n) is 13.6. The van der Waals surface area contributed by atoms with E-state index in [-0.39, 0.29) is 11.6 Å². The highest BCUT2D eigenvalue weighted by Gasteiger charge is 2.20. The molecule has 3 rings (SSSR count). The van der Waals surface area contributed by atoms with Crippen LogP contribution < -0.4 is 10.1 Å². The van der Waals surface area contributed by atoms with Gasteiger partial charge in [0.1, 0.15) is 5.75 Å². The third-order valence-corrected chi connectivity index (χ3v) is 3.61. The van der Waals surface area contributed by atoms with Gasteiger partial charge in [-0.1, -0.05) is 36.4 Å². The lowest BCUT2D eigenvalue weighted by Crippen LogP contribution is -2.14. The standard InChI is InChI=1S/C19H18N2O3/c1-3-23-16-11-7-6-10-15(16)21-19(22)17-18(24-12-20-17)14-9-5-4-8-13(14)2/h4-12H,3H2,1-2H3,(H,21,22). The number of para-hydroxylation sites is 2. The van der Waals surface area contributed by atoms with Crippen molar-refractivity contribution >= 4 is 11.6 Å². The van der Waals surface area contributed by atoms with Crippen LogP contribution in [0.5, 0.6) is 5.75 Å². The van der Waals surface area contributed by atoms with Crippen molar-refractivity contribution in [3.63, 3.8) is 0 Å². The Morgan fingerprint density at radius 2 is 1.92 bits per heavy atom. The molecule has 1 aromatic heterocycles. The van der Waals surface area contributed by atoms with E-state index >= 15 is 0 Å². The van der Waals surface area contributed by atoms with Gasteiger partial charge in [-0.2, -0.15) is 0 Å². The fourth-order valence-corrected chi connectivity index (χ4v) is 2.46. The summed E-state index contributed by atoms with van der Waals surface area (Å²) in [4.78, 5) is 16.7. The number of ether oxygens (including phenoxy) is 1. The quantitative estimate of drug-likeness (QED) is 0.760. The average molecular weight is 322 g/mol. The Labute approximate surface area is 140 Å². The van der Waals surface area contributed by atoms with E-state index in [1.807, 2.05) is 56.3 Å². The van der Waals surface area contributed by atoms with E-state index in [4.69, 9.17) is 9.15 Å². The van der Waals surface area contributed by atoms with Crippen molar-refractivity contribution in [3.8, 4) is 17.1 Å². The third kappa shape index (κ3) is 3.15. The number of benzene rings is 2. The molecule has 0 atom stereocenters. The van der Waals surface area contributed by atoms with Gasteiger partial charge < -0.3 is 14.5 Å². The zero-order chi connectivity index (χ0) is 16.9. The lowest BCUT2D eigenvalue weighted by molar-refractivity contribution is 0.102. The smallest absolute Gasteiger partial charge is 0.278 e. The van der Waals surface area contributed by atoms with Crippen molar-refractivity contribution in [1.29, 1.82) is 0 Å². The minimum Gasteiger partial charge on any atom is -0.492 e. The van der Waals surface area contributed by atoms with E-state index in [1.165, 1.54) is 6.39 Å². The van der Waals surface area contributed by atoms with Crippen LogP contribution in [0.2, 0.25) is 0 Å². The molecule has 5 nitrogen and oxygen atoms in total. The molecule has 0 aliphatic heterocycles. The molecule has 2 aromatic carbocycles. The van der Waals surface area contributed by atoms with E-state index < -0.39 is 0 Å². The number of carbonyl (C=O) groups excluding carboxylic acids is 1. The van der Waals surface area contributed by atoms with Gasteiger partial charge in [0.2, 0.25) is 0 Å². The number of rotatable bonds is 5. The number of aryl methyl sites for hydroxylation is 1. The van der Waals surface area contributed by atoms with Crippen LogP contribution in [0.4, 0.5) is 5.69 Å². The molecule has 0 fully saturated rings. The molecule has 0 saturated carbocycles. The van der Waals surface area contributed by atoms with Crippen molar-refractivity contribution in [1.82, 2.24) is 4.98 Å². The van der Waals surface area contributed by atoms with Gasteiger partial charge in [-0.3, -0.25) is 4.79 Å². The van der Waals surface area contributed by atoms with Crippen LogP contribution in [0.25, 0.3) is 11.3 Å². The number of aromatic nitrogens is 1. The Hall–Kier alpha value is -3.08. The Kier molecular flexibility index (Phi) is 4.61. The molecule has 0 unspecified atom stereocenters. The van der Waals surface area contributed by atoms with Crippen LogP contribution in [0, 0.1) is 6.92 Å². The molecule has 0 aliphatic rings. The topological polar surface area (TPSA) is 64.4 Å². The first-order chi connectivity index (χ1) is 11.7. The van der Waals surface area contributed by atoms with Gasteiger partial charge >= 0.3 is 0 Å². The summed E-state index contributed by atoms with van der Waals surface area (Å²) < 4.78 is 11.0. The fraction of sp³-hybridized carbons (Fsp3) is 0.158. The second-order valence-electron chi connectivity index (χ2n) is 5.23. The number of hydrogen-bond donors (Lipinski definition) is 1. The van der Waals surface area contributed by atoms with Gasteiger partial charge in [0.05, 0.1) is 12.3 Å². The summed E-state index contributed by atoms with van der Waals surface area (Å²) in [6.07, 6.45) is 1.28. The lowest BCUT2D eigenvalue weighted by Gasteiger charge is -2.11.